The molecule has 1 N–H and O–H groups in total. The van der Waals surface area contributed by atoms with Gasteiger partial charge < -0.3 is 14.8 Å². The van der Waals surface area contributed by atoms with Gasteiger partial charge in [-0.15, -0.1) is 0 Å². The Morgan fingerprint density at radius 3 is 2.83 bits per heavy atom. The van der Waals surface area contributed by atoms with E-state index in [1.165, 1.54) is 12.8 Å². The summed E-state index contributed by atoms with van der Waals surface area (Å²) in [7, 11) is 3.29. The molecule has 2 aromatic heterocycles. The van der Waals surface area contributed by atoms with Crippen molar-refractivity contribution in [3.8, 4) is 11.5 Å². The summed E-state index contributed by atoms with van der Waals surface area (Å²) >= 11 is 0. The van der Waals surface area contributed by atoms with Crippen molar-refractivity contribution in [2.75, 3.05) is 14.2 Å². The summed E-state index contributed by atoms with van der Waals surface area (Å²) in [6, 6.07) is 4.59. The van der Waals surface area contributed by atoms with E-state index in [-0.39, 0.29) is 0 Å². The molecule has 124 valence electrons. The summed E-state index contributed by atoms with van der Waals surface area (Å²) in [6.45, 7) is 0.656. The van der Waals surface area contributed by atoms with Gasteiger partial charge in [0.15, 0.2) is 11.5 Å². The Kier molecular flexibility index (Phi) is 5.12. The zero-order valence-corrected chi connectivity index (χ0v) is 13.7. The smallest absolute Gasteiger partial charge is 0.183 e. The fourth-order valence-electron chi connectivity index (χ4n) is 3.35. The Hall–Kier alpha value is -2.08. The standard InChI is InChI=1S/C17H24N4O2/c1-22-16-8-10-18-14(17(16)23-2)12-19-13-6-3-4-7-15(13)21-11-5-9-20-21/h5,8-11,13,15,19H,3-4,6-7,12H2,1-2H3/t13-,15+/m0/s1. The molecule has 2 aromatic rings. The van der Waals surface area contributed by atoms with Crippen molar-refractivity contribution in [1.29, 1.82) is 0 Å². The molecule has 2 atom stereocenters. The van der Waals surface area contributed by atoms with Crippen molar-refractivity contribution >= 4 is 0 Å². The minimum absolute atomic E-state index is 0.390. The molecule has 0 aromatic carbocycles. The van der Waals surface area contributed by atoms with Crippen molar-refractivity contribution in [3.05, 3.63) is 36.4 Å². The number of hydrogen-bond acceptors (Lipinski definition) is 5. The van der Waals surface area contributed by atoms with E-state index < -0.39 is 0 Å². The lowest BCUT2D eigenvalue weighted by molar-refractivity contribution is 0.244. The molecule has 0 amide bonds. The maximum atomic E-state index is 5.46. The normalized spacial score (nSPS) is 21.1. The fraction of sp³-hybridized carbons (Fsp3) is 0.529. The Morgan fingerprint density at radius 1 is 1.22 bits per heavy atom. The zero-order valence-electron chi connectivity index (χ0n) is 13.7. The van der Waals surface area contributed by atoms with Crippen LogP contribution < -0.4 is 14.8 Å². The van der Waals surface area contributed by atoms with Crippen LogP contribution in [0.15, 0.2) is 30.7 Å². The second kappa shape index (κ2) is 7.46. The van der Waals surface area contributed by atoms with Crippen LogP contribution in [-0.4, -0.2) is 35.0 Å². The van der Waals surface area contributed by atoms with Gasteiger partial charge >= 0.3 is 0 Å². The number of ether oxygens (including phenoxy) is 2. The number of nitrogens with one attached hydrogen (secondary N) is 1. The quantitative estimate of drug-likeness (QED) is 0.887. The van der Waals surface area contributed by atoms with Gasteiger partial charge in [-0.1, -0.05) is 12.8 Å². The Labute approximate surface area is 136 Å². The summed E-state index contributed by atoms with van der Waals surface area (Å²) in [6.07, 6.45) is 10.5. The molecule has 0 saturated heterocycles. The summed E-state index contributed by atoms with van der Waals surface area (Å²) in [4.78, 5) is 4.44. The van der Waals surface area contributed by atoms with E-state index in [0.717, 1.165) is 18.5 Å². The average molecular weight is 316 g/mol. The number of hydrogen-bond donors (Lipinski definition) is 1. The first-order valence-corrected chi connectivity index (χ1v) is 8.12. The van der Waals surface area contributed by atoms with Crippen molar-refractivity contribution in [1.82, 2.24) is 20.1 Å². The van der Waals surface area contributed by atoms with Gasteiger partial charge in [0, 0.05) is 37.2 Å². The minimum Gasteiger partial charge on any atom is -0.493 e. The van der Waals surface area contributed by atoms with Crippen molar-refractivity contribution in [2.24, 2.45) is 0 Å². The molecular formula is C17H24N4O2. The number of nitrogens with zero attached hydrogens (tertiary/aromatic N) is 3. The van der Waals surface area contributed by atoms with Gasteiger partial charge in [-0.2, -0.15) is 5.10 Å². The first-order chi connectivity index (χ1) is 11.3. The molecule has 6 heteroatoms. The summed E-state index contributed by atoms with van der Waals surface area (Å²) in [5, 5.41) is 8.07. The van der Waals surface area contributed by atoms with Crippen molar-refractivity contribution < 1.29 is 9.47 Å². The SMILES string of the molecule is COc1ccnc(CN[C@H]2CCCC[C@H]2n2cccn2)c1OC. The van der Waals surface area contributed by atoms with Gasteiger partial charge in [0.25, 0.3) is 0 Å². The summed E-state index contributed by atoms with van der Waals surface area (Å²) < 4.78 is 12.9. The third-order valence-corrected chi connectivity index (χ3v) is 4.49. The monoisotopic (exact) mass is 316 g/mol. The maximum absolute atomic E-state index is 5.46. The topological polar surface area (TPSA) is 61.2 Å². The molecular weight excluding hydrogens is 292 g/mol. The van der Waals surface area contributed by atoms with Crippen LogP contribution in [0.5, 0.6) is 11.5 Å². The number of aromatic nitrogens is 3. The molecule has 0 spiro atoms. The second-order valence-corrected chi connectivity index (χ2v) is 5.82. The molecule has 2 heterocycles. The molecule has 6 nitrogen and oxygen atoms in total. The predicted molar refractivity (Wildman–Crippen MR) is 87.7 cm³/mol. The first-order valence-electron chi connectivity index (χ1n) is 8.12. The van der Waals surface area contributed by atoms with Crippen LogP contribution in [0.25, 0.3) is 0 Å². The molecule has 1 saturated carbocycles. The van der Waals surface area contributed by atoms with Gasteiger partial charge in [-0.05, 0) is 18.9 Å². The van der Waals surface area contributed by atoms with Crippen LogP contribution in [0.3, 0.4) is 0 Å². The molecule has 23 heavy (non-hydrogen) atoms. The predicted octanol–water partition coefficient (Wildman–Crippen LogP) is 2.57. The van der Waals surface area contributed by atoms with Crippen molar-refractivity contribution in [2.45, 2.75) is 44.3 Å². The molecule has 3 rings (SSSR count). The minimum atomic E-state index is 0.390. The van der Waals surface area contributed by atoms with Crippen LogP contribution in [0, 0.1) is 0 Å². The van der Waals surface area contributed by atoms with Crippen LogP contribution in [-0.2, 0) is 6.54 Å². The van der Waals surface area contributed by atoms with Crippen LogP contribution in [0.4, 0.5) is 0 Å². The van der Waals surface area contributed by atoms with E-state index >= 15 is 0 Å². The van der Waals surface area contributed by atoms with Gasteiger partial charge in [0.2, 0.25) is 0 Å². The highest BCUT2D eigenvalue weighted by Gasteiger charge is 2.27. The van der Waals surface area contributed by atoms with Gasteiger partial charge in [0.05, 0.1) is 26.0 Å². The van der Waals surface area contributed by atoms with Gasteiger partial charge in [-0.25, -0.2) is 0 Å². The van der Waals surface area contributed by atoms with E-state index in [4.69, 9.17) is 9.47 Å². The Balaban J connectivity index is 1.71. The Bertz CT molecular complexity index is 615. The second-order valence-electron chi connectivity index (χ2n) is 5.82. The van der Waals surface area contributed by atoms with E-state index in [9.17, 15) is 0 Å². The van der Waals surface area contributed by atoms with E-state index in [0.29, 0.717) is 30.1 Å². The van der Waals surface area contributed by atoms with E-state index in [2.05, 4.69) is 26.3 Å². The highest BCUT2D eigenvalue weighted by atomic mass is 16.5. The molecule has 0 unspecified atom stereocenters. The average Bonchev–Trinajstić information content (AvgIpc) is 3.14. The number of pyridine rings is 1. The summed E-state index contributed by atoms with van der Waals surface area (Å²) in [5.74, 6) is 1.42. The first kappa shape index (κ1) is 15.8. The third-order valence-electron chi connectivity index (χ3n) is 4.49. The molecule has 1 fully saturated rings. The highest BCUT2D eigenvalue weighted by Crippen LogP contribution is 2.31. The lowest BCUT2D eigenvalue weighted by Crippen LogP contribution is -2.39. The molecule has 1 aliphatic rings. The van der Waals surface area contributed by atoms with Crippen molar-refractivity contribution in [3.63, 3.8) is 0 Å². The van der Waals surface area contributed by atoms with Crippen LogP contribution in [0.2, 0.25) is 0 Å². The van der Waals surface area contributed by atoms with Crippen LogP contribution >= 0.6 is 0 Å². The summed E-state index contributed by atoms with van der Waals surface area (Å²) in [5.41, 5.74) is 0.872. The molecule has 1 aliphatic carbocycles. The largest absolute Gasteiger partial charge is 0.493 e. The maximum Gasteiger partial charge on any atom is 0.183 e. The fourth-order valence-corrected chi connectivity index (χ4v) is 3.35. The lowest BCUT2D eigenvalue weighted by Gasteiger charge is -2.32. The molecule has 0 aliphatic heterocycles. The Morgan fingerprint density at radius 2 is 2.09 bits per heavy atom. The zero-order chi connectivity index (χ0) is 16.1. The van der Waals surface area contributed by atoms with Crippen LogP contribution in [0.1, 0.15) is 37.4 Å². The molecule has 0 radical (unpaired) electrons. The third kappa shape index (κ3) is 3.47. The van der Waals surface area contributed by atoms with Gasteiger partial charge in [0.1, 0.15) is 0 Å². The number of rotatable bonds is 6. The lowest BCUT2D eigenvalue weighted by atomic mass is 9.90. The van der Waals surface area contributed by atoms with Gasteiger partial charge in [-0.3, -0.25) is 9.67 Å². The van der Waals surface area contributed by atoms with E-state index in [1.54, 1.807) is 20.4 Å². The number of methoxy groups -OCH3 is 2. The van der Waals surface area contributed by atoms with E-state index in [1.807, 2.05) is 18.3 Å². The molecule has 0 bridgehead atoms. The highest BCUT2D eigenvalue weighted by molar-refractivity contribution is 5.42.